The quantitative estimate of drug-likeness (QED) is 0.651. The van der Waals surface area contributed by atoms with Crippen LogP contribution in [0.1, 0.15) is 19.2 Å². The fourth-order valence-corrected chi connectivity index (χ4v) is 1.27. The van der Waals surface area contributed by atoms with Crippen LogP contribution in [0.5, 0.6) is 0 Å². The second kappa shape index (κ2) is 5.38. The number of aromatic nitrogens is 2. The summed E-state index contributed by atoms with van der Waals surface area (Å²) >= 11 is 1.20. The number of carbonyl (C=O) groups excluding carboxylic acids is 1. The van der Waals surface area contributed by atoms with Crippen molar-refractivity contribution in [2.45, 2.75) is 20.3 Å². The maximum Gasteiger partial charge on any atom is 0.333 e. The van der Waals surface area contributed by atoms with E-state index in [0.29, 0.717) is 17.5 Å². The largest absolute Gasteiger partial charge is 0.337 e. The summed E-state index contributed by atoms with van der Waals surface area (Å²) in [7, 11) is 0. The van der Waals surface area contributed by atoms with E-state index in [0.717, 1.165) is 6.42 Å². The van der Waals surface area contributed by atoms with Crippen LogP contribution in [0.2, 0.25) is 0 Å². The van der Waals surface area contributed by atoms with Crippen molar-refractivity contribution in [1.82, 2.24) is 20.1 Å². The lowest BCUT2D eigenvalue weighted by Gasteiger charge is -2.05. The van der Waals surface area contributed by atoms with Gasteiger partial charge in [-0.1, -0.05) is 6.92 Å². The number of urea groups is 1. The fraction of sp³-hybridized carbons (Fsp3) is 0.571. The predicted octanol–water partition coefficient (Wildman–Crippen LogP) is 0.883. The lowest BCUT2D eigenvalue weighted by Crippen LogP contribution is -2.39. The normalized spacial score (nSPS) is 9.57. The molecule has 3 N–H and O–H groups in total. The number of rotatable bonds is 4. The van der Waals surface area contributed by atoms with Gasteiger partial charge in [0.15, 0.2) is 0 Å². The molecule has 78 valence electrons. The molecule has 0 saturated carbocycles. The summed E-state index contributed by atoms with van der Waals surface area (Å²) in [5.74, 6) is 0.688. The van der Waals surface area contributed by atoms with Crippen molar-refractivity contribution in [2.24, 2.45) is 0 Å². The lowest BCUT2D eigenvalue weighted by molar-refractivity contribution is 0.243. The Morgan fingerprint density at radius 3 is 2.93 bits per heavy atom. The lowest BCUT2D eigenvalue weighted by atomic mass is 10.5. The number of anilines is 1. The molecule has 1 rings (SSSR count). The van der Waals surface area contributed by atoms with Crippen LogP contribution >= 0.6 is 11.5 Å². The number of amides is 2. The Morgan fingerprint density at radius 2 is 2.36 bits per heavy atom. The van der Waals surface area contributed by atoms with Crippen molar-refractivity contribution < 1.29 is 4.79 Å². The van der Waals surface area contributed by atoms with Crippen molar-refractivity contribution in [3.63, 3.8) is 0 Å². The average Bonchev–Trinajstić information content (AvgIpc) is 2.58. The molecule has 1 aromatic heterocycles. The Morgan fingerprint density at radius 1 is 1.57 bits per heavy atom. The van der Waals surface area contributed by atoms with Crippen LogP contribution < -0.4 is 16.2 Å². The van der Waals surface area contributed by atoms with Crippen molar-refractivity contribution in [3.8, 4) is 0 Å². The van der Waals surface area contributed by atoms with E-state index in [2.05, 4.69) is 25.5 Å². The Balaban J connectivity index is 2.23. The van der Waals surface area contributed by atoms with E-state index in [4.69, 9.17) is 0 Å². The molecule has 1 heterocycles. The molecule has 0 aromatic carbocycles. The number of hydrogen-bond acceptors (Lipinski definition) is 5. The molecule has 6 nitrogen and oxygen atoms in total. The maximum atomic E-state index is 11.1. The first-order chi connectivity index (χ1) is 6.72. The standard InChI is InChI=1S/C7H13N5OS/c1-3-4-8-6(13)10-11-7-9-5(2)12-14-7/h3-4H2,1-2H3,(H2,8,10,13)(H,9,11,12). The third-order valence-electron chi connectivity index (χ3n) is 1.35. The van der Waals surface area contributed by atoms with Gasteiger partial charge in [-0.25, -0.2) is 15.2 Å². The molecule has 0 atom stereocenters. The molecule has 2 amide bonds. The monoisotopic (exact) mass is 215 g/mol. The maximum absolute atomic E-state index is 11.1. The van der Waals surface area contributed by atoms with Gasteiger partial charge in [0, 0.05) is 18.1 Å². The molecular weight excluding hydrogens is 202 g/mol. The molecular formula is C7H13N5OS. The van der Waals surface area contributed by atoms with Crippen molar-refractivity contribution in [2.75, 3.05) is 12.0 Å². The Labute approximate surface area is 86.3 Å². The molecule has 14 heavy (non-hydrogen) atoms. The molecule has 7 heteroatoms. The number of hydrazine groups is 1. The van der Waals surface area contributed by atoms with Gasteiger partial charge >= 0.3 is 6.03 Å². The van der Waals surface area contributed by atoms with E-state index < -0.39 is 0 Å². The highest BCUT2D eigenvalue weighted by molar-refractivity contribution is 7.09. The van der Waals surface area contributed by atoms with E-state index in [1.165, 1.54) is 11.5 Å². The first-order valence-electron chi connectivity index (χ1n) is 4.32. The van der Waals surface area contributed by atoms with Crippen molar-refractivity contribution in [1.29, 1.82) is 0 Å². The van der Waals surface area contributed by atoms with Crippen molar-refractivity contribution >= 4 is 22.7 Å². The van der Waals surface area contributed by atoms with E-state index in [1.807, 2.05) is 6.92 Å². The summed E-state index contributed by atoms with van der Waals surface area (Å²) in [4.78, 5) is 15.1. The molecule has 1 aromatic rings. The van der Waals surface area contributed by atoms with Crippen LogP contribution in [0.15, 0.2) is 0 Å². The van der Waals surface area contributed by atoms with Gasteiger partial charge in [0.05, 0.1) is 0 Å². The SMILES string of the molecule is CCCNC(=O)NNc1nc(C)ns1. The van der Waals surface area contributed by atoms with Gasteiger partial charge in [0.1, 0.15) is 5.82 Å². The Bertz CT molecular complexity index is 300. The number of hydrogen-bond donors (Lipinski definition) is 3. The van der Waals surface area contributed by atoms with Crippen LogP contribution in [0.25, 0.3) is 0 Å². The first kappa shape index (κ1) is 10.7. The Kier molecular flexibility index (Phi) is 4.11. The molecule has 0 aliphatic carbocycles. The highest BCUT2D eigenvalue weighted by atomic mass is 32.1. The number of carbonyl (C=O) groups is 1. The van der Waals surface area contributed by atoms with E-state index in [1.54, 1.807) is 6.92 Å². The molecule has 0 fully saturated rings. The molecule has 0 saturated heterocycles. The van der Waals surface area contributed by atoms with E-state index >= 15 is 0 Å². The van der Waals surface area contributed by atoms with Crippen LogP contribution in [0, 0.1) is 6.92 Å². The van der Waals surface area contributed by atoms with Crippen LogP contribution in [-0.4, -0.2) is 21.9 Å². The van der Waals surface area contributed by atoms with Gasteiger partial charge in [0.25, 0.3) is 0 Å². The van der Waals surface area contributed by atoms with Gasteiger partial charge in [-0.15, -0.1) is 0 Å². The van der Waals surface area contributed by atoms with Crippen molar-refractivity contribution in [3.05, 3.63) is 5.82 Å². The summed E-state index contributed by atoms with van der Waals surface area (Å²) in [6, 6.07) is -0.264. The molecule has 0 spiro atoms. The summed E-state index contributed by atoms with van der Waals surface area (Å²) in [5, 5.41) is 3.23. The smallest absolute Gasteiger partial charge is 0.333 e. The molecule has 0 unspecified atom stereocenters. The summed E-state index contributed by atoms with van der Waals surface area (Å²) in [6.45, 7) is 4.43. The van der Waals surface area contributed by atoms with Crippen LogP contribution in [0.4, 0.5) is 9.93 Å². The second-order valence-electron chi connectivity index (χ2n) is 2.65. The highest BCUT2D eigenvalue weighted by Gasteiger charge is 2.01. The third kappa shape index (κ3) is 3.56. The zero-order valence-electron chi connectivity index (χ0n) is 8.13. The van der Waals surface area contributed by atoms with E-state index in [-0.39, 0.29) is 6.03 Å². The Hall–Kier alpha value is -1.37. The minimum Gasteiger partial charge on any atom is -0.337 e. The van der Waals surface area contributed by atoms with Gasteiger partial charge in [-0.05, 0) is 13.3 Å². The van der Waals surface area contributed by atoms with Gasteiger partial charge in [-0.2, -0.15) is 4.37 Å². The van der Waals surface area contributed by atoms with E-state index in [9.17, 15) is 4.79 Å². The summed E-state index contributed by atoms with van der Waals surface area (Å²) < 4.78 is 3.95. The van der Waals surface area contributed by atoms with Gasteiger partial charge in [-0.3, -0.25) is 5.43 Å². The third-order valence-corrected chi connectivity index (χ3v) is 2.07. The minimum absolute atomic E-state index is 0.264. The number of nitrogens with zero attached hydrogens (tertiary/aromatic N) is 2. The molecule has 0 radical (unpaired) electrons. The molecule has 0 bridgehead atoms. The minimum atomic E-state index is -0.264. The van der Waals surface area contributed by atoms with Crippen LogP contribution in [0.3, 0.4) is 0 Å². The topological polar surface area (TPSA) is 78.9 Å². The summed E-state index contributed by atoms with van der Waals surface area (Å²) in [5.41, 5.74) is 5.11. The fourth-order valence-electron chi connectivity index (χ4n) is 0.741. The molecule has 0 aliphatic rings. The number of aryl methyl sites for hydroxylation is 1. The average molecular weight is 215 g/mol. The predicted molar refractivity (Wildman–Crippen MR) is 55.1 cm³/mol. The summed E-state index contributed by atoms with van der Waals surface area (Å²) in [6.07, 6.45) is 0.908. The second-order valence-corrected chi connectivity index (χ2v) is 3.40. The highest BCUT2D eigenvalue weighted by Crippen LogP contribution is 2.07. The molecule has 0 aliphatic heterocycles. The zero-order chi connectivity index (χ0) is 10.4. The zero-order valence-corrected chi connectivity index (χ0v) is 8.94. The van der Waals surface area contributed by atoms with Crippen LogP contribution in [-0.2, 0) is 0 Å². The number of nitrogens with one attached hydrogen (secondary N) is 3. The first-order valence-corrected chi connectivity index (χ1v) is 5.10. The van der Waals surface area contributed by atoms with Gasteiger partial charge in [0.2, 0.25) is 5.13 Å². The van der Waals surface area contributed by atoms with Gasteiger partial charge < -0.3 is 5.32 Å².